The predicted octanol–water partition coefficient (Wildman–Crippen LogP) is 0.522. The number of aliphatic carboxylic acids is 1. The highest BCUT2D eigenvalue weighted by Gasteiger charge is 2.17. The minimum absolute atomic E-state index is 0.0469. The molecule has 0 aromatic carbocycles. The molecule has 0 spiro atoms. The van der Waals surface area contributed by atoms with Gasteiger partial charge in [-0.3, -0.25) is 10.1 Å². The Morgan fingerprint density at radius 2 is 1.95 bits per heavy atom. The number of nitrogens with one attached hydrogen (secondary N) is 2. The number of carboxylic acids is 1. The summed E-state index contributed by atoms with van der Waals surface area (Å²) in [5, 5.41) is 14.1. The van der Waals surface area contributed by atoms with Crippen molar-refractivity contribution in [3.8, 4) is 0 Å². The first kappa shape index (κ1) is 18.6. The summed E-state index contributed by atoms with van der Waals surface area (Å²) in [6.07, 6.45) is -0.377. The van der Waals surface area contributed by atoms with Crippen LogP contribution in [0.5, 0.6) is 0 Å². The average molecular weight is 292 g/mol. The summed E-state index contributed by atoms with van der Waals surface area (Å²) in [6.45, 7) is 5.98. The molecule has 8 heteroatoms. The standard InChI is InChI=1S/C12H24N2O6/c1-12(2,3)20-8-19-7-14-9(10(15)16)5-6-13-11(17)18-4/h9,14H,5-8H2,1-4H3,(H,13,17)(H,15,16)/t9-/m0/s1. The topological polar surface area (TPSA) is 106 Å². The van der Waals surface area contributed by atoms with Crippen LogP contribution in [0, 0.1) is 0 Å². The van der Waals surface area contributed by atoms with Gasteiger partial charge in [0.2, 0.25) is 0 Å². The van der Waals surface area contributed by atoms with Crippen molar-refractivity contribution in [3.63, 3.8) is 0 Å². The Hall–Kier alpha value is -1.38. The molecule has 0 radical (unpaired) electrons. The first-order valence-electron chi connectivity index (χ1n) is 6.26. The number of carbonyl (C=O) groups excluding carboxylic acids is 1. The molecule has 1 atom stereocenters. The monoisotopic (exact) mass is 292 g/mol. The van der Waals surface area contributed by atoms with Gasteiger partial charge in [-0.2, -0.15) is 0 Å². The zero-order valence-corrected chi connectivity index (χ0v) is 12.4. The maximum Gasteiger partial charge on any atom is 0.406 e. The summed E-state index contributed by atoms with van der Waals surface area (Å²) < 4.78 is 14.8. The number of hydrogen-bond donors (Lipinski definition) is 3. The first-order chi connectivity index (χ1) is 9.26. The molecule has 118 valence electrons. The fraction of sp³-hybridized carbons (Fsp3) is 0.833. The van der Waals surface area contributed by atoms with Gasteiger partial charge in [-0.05, 0) is 27.2 Å². The Bertz CT molecular complexity index is 303. The number of hydrogen-bond acceptors (Lipinski definition) is 6. The van der Waals surface area contributed by atoms with Gasteiger partial charge in [-0.1, -0.05) is 0 Å². The maximum atomic E-state index is 11.0. The maximum absolute atomic E-state index is 11.0. The molecule has 0 rings (SSSR count). The van der Waals surface area contributed by atoms with Crippen LogP contribution in [0.3, 0.4) is 0 Å². The normalized spacial score (nSPS) is 12.8. The molecular formula is C12H24N2O6. The Labute approximate surface area is 118 Å². The van der Waals surface area contributed by atoms with Crippen molar-refractivity contribution in [2.75, 3.05) is 27.2 Å². The number of carboxylic acid groups (broad SMARTS) is 1. The Morgan fingerprint density at radius 3 is 2.45 bits per heavy atom. The van der Waals surface area contributed by atoms with E-state index in [1.54, 1.807) is 0 Å². The van der Waals surface area contributed by atoms with Gasteiger partial charge < -0.3 is 24.6 Å². The molecule has 0 saturated heterocycles. The van der Waals surface area contributed by atoms with E-state index in [-0.39, 0.29) is 32.1 Å². The van der Waals surface area contributed by atoms with Gasteiger partial charge in [0.25, 0.3) is 0 Å². The second-order valence-corrected chi connectivity index (χ2v) is 5.03. The molecule has 0 fully saturated rings. The largest absolute Gasteiger partial charge is 0.480 e. The van der Waals surface area contributed by atoms with Crippen molar-refractivity contribution in [3.05, 3.63) is 0 Å². The third kappa shape index (κ3) is 10.5. The average Bonchev–Trinajstić information content (AvgIpc) is 2.34. The van der Waals surface area contributed by atoms with Crippen molar-refractivity contribution in [1.82, 2.24) is 10.6 Å². The number of alkyl carbamates (subject to hydrolysis) is 1. The van der Waals surface area contributed by atoms with Gasteiger partial charge >= 0.3 is 12.1 Å². The molecule has 0 aliphatic carbocycles. The van der Waals surface area contributed by atoms with Crippen molar-refractivity contribution < 1.29 is 28.9 Å². The molecule has 0 unspecified atom stereocenters. The molecule has 0 aliphatic rings. The van der Waals surface area contributed by atoms with Crippen molar-refractivity contribution >= 4 is 12.1 Å². The fourth-order valence-electron chi connectivity index (χ4n) is 1.12. The summed E-state index contributed by atoms with van der Waals surface area (Å²) in [7, 11) is 1.24. The van der Waals surface area contributed by atoms with Crippen molar-refractivity contribution in [1.29, 1.82) is 0 Å². The molecule has 8 nitrogen and oxygen atoms in total. The van der Waals surface area contributed by atoms with Gasteiger partial charge in [-0.15, -0.1) is 0 Å². The molecule has 20 heavy (non-hydrogen) atoms. The van der Waals surface area contributed by atoms with Crippen LogP contribution in [0.4, 0.5) is 4.79 Å². The highest BCUT2D eigenvalue weighted by Crippen LogP contribution is 2.05. The number of amides is 1. The van der Waals surface area contributed by atoms with Crippen LogP contribution in [0.1, 0.15) is 27.2 Å². The van der Waals surface area contributed by atoms with Gasteiger partial charge in [0.15, 0.2) is 0 Å². The number of methoxy groups -OCH3 is 1. The van der Waals surface area contributed by atoms with Crippen LogP contribution in [0.15, 0.2) is 0 Å². The first-order valence-corrected chi connectivity index (χ1v) is 6.26. The molecule has 0 saturated carbocycles. The lowest BCUT2D eigenvalue weighted by Gasteiger charge is -2.20. The van der Waals surface area contributed by atoms with Crippen LogP contribution in [-0.2, 0) is 19.0 Å². The zero-order valence-electron chi connectivity index (χ0n) is 12.4. The molecular weight excluding hydrogens is 268 g/mol. The van der Waals surface area contributed by atoms with Gasteiger partial charge in [0.05, 0.1) is 12.7 Å². The third-order valence-corrected chi connectivity index (χ3v) is 2.19. The van der Waals surface area contributed by atoms with E-state index in [9.17, 15) is 9.59 Å². The highest BCUT2D eigenvalue weighted by molar-refractivity contribution is 5.73. The Kier molecular flexibility index (Phi) is 8.86. The summed E-state index contributed by atoms with van der Waals surface area (Å²) in [5.74, 6) is -1.02. The molecule has 1 amide bonds. The highest BCUT2D eigenvalue weighted by atomic mass is 16.7. The number of ether oxygens (including phenoxy) is 3. The van der Waals surface area contributed by atoms with E-state index in [0.29, 0.717) is 0 Å². The second kappa shape index (κ2) is 9.51. The quantitative estimate of drug-likeness (QED) is 0.420. The summed E-state index contributed by atoms with van der Waals surface area (Å²) in [4.78, 5) is 21.8. The minimum Gasteiger partial charge on any atom is -0.480 e. The fourth-order valence-corrected chi connectivity index (χ4v) is 1.12. The molecule has 0 aliphatic heterocycles. The van der Waals surface area contributed by atoms with Crippen LogP contribution >= 0.6 is 0 Å². The van der Waals surface area contributed by atoms with Crippen LogP contribution in [-0.4, -0.2) is 56.0 Å². The smallest absolute Gasteiger partial charge is 0.406 e. The molecule has 0 heterocycles. The minimum atomic E-state index is -1.02. The van der Waals surface area contributed by atoms with E-state index in [0.717, 1.165) is 0 Å². The molecule has 0 bridgehead atoms. The SMILES string of the molecule is COC(=O)NCC[C@H](NCOCOC(C)(C)C)C(=O)O. The summed E-state index contributed by atoms with van der Waals surface area (Å²) in [6, 6.07) is -0.818. The zero-order chi connectivity index (χ0) is 15.6. The lowest BCUT2D eigenvalue weighted by Crippen LogP contribution is -2.41. The Morgan fingerprint density at radius 1 is 1.30 bits per heavy atom. The lowest BCUT2D eigenvalue weighted by atomic mass is 10.2. The molecule has 3 N–H and O–H groups in total. The summed E-state index contributed by atoms with van der Waals surface area (Å²) >= 11 is 0. The van der Waals surface area contributed by atoms with E-state index in [4.69, 9.17) is 14.6 Å². The number of carbonyl (C=O) groups is 2. The van der Waals surface area contributed by atoms with Crippen LogP contribution < -0.4 is 10.6 Å². The van der Waals surface area contributed by atoms with E-state index in [1.165, 1.54) is 7.11 Å². The molecule has 0 aromatic rings. The van der Waals surface area contributed by atoms with E-state index in [1.807, 2.05) is 20.8 Å². The lowest BCUT2D eigenvalue weighted by molar-refractivity contribution is -0.143. The van der Waals surface area contributed by atoms with Crippen molar-refractivity contribution in [2.24, 2.45) is 0 Å². The van der Waals surface area contributed by atoms with Crippen LogP contribution in [0.25, 0.3) is 0 Å². The summed E-state index contributed by atoms with van der Waals surface area (Å²) in [5.41, 5.74) is -0.309. The Balaban J connectivity index is 3.81. The predicted molar refractivity (Wildman–Crippen MR) is 71.2 cm³/mol. The molecule has 0 aromatic heterocycles. The van der Waals surface area contributed by atoms with Gasteiger partial charge in [0.1, 0.15) is 19.6 Å². The second-order valence-electron chi connectivity index (χ2n) is 5.03. The van der Waals surface area contributed by atoms with E-state index >= 15 is 0 Å². The third-order valence-electron chi connectivity index (χ3n) is 2.19. The van der Waals surface area contributed by atoms with Crippen molar-refractivity contribution in [2.45, 2.75) is 38.8 Å². The van der Waals surface area contributed by atoms with Gasteiger partial charge in [-0.25, -0.2) is 4.79 Å². The van der Waals surface area contributed by atoms with E-state index in [2.05, 4.69) is 15.4 Å². The van der Waals surface area contributed by atoms with Crippen LogP contribution in [0.2, 0.25) is 0 Å². The number of rotatable bonds is 9. The van der Waals surface area contributed by atoms with Gasteiger partial charge in [0, 0.05) is 6.54 Å². The van der Waals surface area contributed by atoms with E-state index < -0.39 is 18.1 Å².